The number of hydrogen-bond donors (Lipinski definition) is 3. The van der Waals surface area contributed by atoms with Crippen molar-refractivity contribution < 1.29 is 9.18 Å². The second kappa shape index (κ2) is 9.87. The van der Waals surface area contributed by atoms with E-state index >= 15 is 0 Å². The summed E-state index contributed by atoms with van der Waals surface area (Å²) in [5.74, 6) is 0.251. The SMILES string of the molecule is CC/C(C)=C(\C=C(/C)Nc1cc(Cl)nc(N)n1)CNC(=O)CCF. The molecule has 4 N–H and O–H groups in total. The highest BCUT2D eigenvalue weighted by Crippen LogP contribution is 2.16. The lowest BCUT2D eigenvalue weighted by Gasteiger charge is -2.12. The van der Waals surface area contributed by atoms with Gasteiger partial charge in [0, 0.05) is 18.3 Å². The maximum atomic E-state index is 12.2. The predicted octanol–water partition coefficient (Wildman–Crippen LogP) is 3.23. The predicted molar refractivity (Wildman–Crippen MR) is 95.4 cm³/mol. The number of nitrogen functional groups attached to an aromatic ring is 1. The molecule has 0 aliphatic rings. The van der Waals surface area contributed by atoms with Gasteiger partial charge in [0.2, 0.25) is 11.9 Å². The molecule has 0 aliphatic heterocycles. The molecule has 0 spiro atoms. The normalized spacial score (nSPS) is 12.6. The molecule has 0 unspecified atom stereocenters. The van der Waals surface area contributed by atoms with Crippen LogP contribution in [0.5, 0.6) is 0 Å². The number of hydrogen-bond acceptors (Lipinski definition) is 5. The van der Waals surface area contributed by atoms with E-state index in [9.17, 15) is 9.18 Å². The molecule has 1 aromatic rings. The van der Waals surface area contributed by atoms with Gasteiger partial charge in [0.05, 0.1) is 13.1 Å². The van der Waals surface area contributed by atoms with Crippen LogP contribution < -0.4 is 16.4 Å². The van der Waals surface area contributed by atoms with Gasteiger partial charge < -0.3 is 16.4 Å². The van der Waals surface area contributed by atoms with E-state index in [0.717, 1.165) is 23.3 Å². The Morgan fingerprint density at radius 3 is 2.71 bits per heavy atom. The molecule has 0 saturated heterocycles. The first-order valence-electron chi connectivity index (χ1n) is 7.62. The van der Waals surface area contributed by atoms with Crippen molar-refractivity contribution in [1.29, 1.82) is 0 Å². The van der Waals surface area contributed by atoms with E-state index < -0.39 is 6.67 Å². The Balaban J connectivity index is 2.87. The molecular weight excluding hydrogens is 333 g/mol. The third-order valence-corrected chi connectivity index (χ3v) is 3.50. The van der Waals surface area contributed by atoms with Crippen LogP contribution >= 0.6 is 11.6 Å². The molecule has 1 amide bonds. The van der Waals surface area contributed by atoms with Gasteiger partial charge in [-0.25, -0.2) is 4.98 Å². The number of rotatable bonds is 8. The quantitative estimate of drug-likeness (QED) is 0.491. The van der Waals surface area contributed by atoms with Crippen LogP contribution in [0.2, 0.25) is 5.15 Å². The molecule has 0 atom stereocenters. The monoisotopic (exact) mass is 355 g/mol. The second-order valence-corrected chi connectivity index (χ2v) is 5.65. The van der Waals surface area contributed by atoms with Gasteiger partial charge in [-0.3, -0.25) is 9.18 Å². The van der Waals surface area contributed by atoms with Gasteiger partial charge in [0.1, 0.15) is 11.0 Å². The summed E-state index contributed by atoms with van der Waals surface area (Å²) in [6.07, 6.45) is 2.61. The smallest absolute Gasteiger partial charge is 0.223 e. The maximum Gasteiger partial charge on any atom is 0.223 e. The lowest BCUT2D eigenvalue weighted by atomic mass is 10.1. The number of carbonyl (C=O) groups is 1. The largest absolute Gasteiger partial charge is 0.368 e. The molecule has 0 bridgehead atoms. The highest BCUT2D eigenvalue weighted by Gasteiger charge is 2.06. The van der Waals surface area contributed by atoms with Crippen LogP contribution in [0.1, 0.15) is 33.6 Å². The van der Waals surface area contributed by atoms with Crippen molar-refractivity contribution in [1.82, 2.24) is 15.3 Å². The highest BCUT2D eigenvalue weighted by molar-refractivity contribution is 6.29. The molecule has 8 heteroatoms. The summed E-state index contributed by atoms with van der Waals surface area (Å²) in [4.78, 5) is 19.3. The first-order valence-corrected chi connectivity index (χ1v) is 8.00. The first kappa shape index (κ1) is 19.9. The molecule has 0 radical (unpaired) electrons. The topological polar surface area (TPSA) is 92.9 Å². The Kier molecular flexibility index (Phi) is 8.18. The second-order valence-electron chi connectivity index (χ2n) is 5.26. The number of nitrogens with zero attached hydrogens (tertiary/aromatic N) is 2. The minimum absolute atomic E-state index is 0.0804. The molecule has 24 heavy (non-hydrogen) atoms. The number of amides is 1. The van der Waals surface area contributed by atoms with Gasteiger partial charge in [-0.15, -0.1) is 0 Å². The zero-order valence-corrected chi connectivity index (χ0v) is 14.9. The summed E-state index contributed by atoms with van der Waals surface area (Å²) in [5, 5.41) is 6.04. The average Bonchev–Trinajstić information content (AvgIpc) is 2.49. The summed E-state index contributed by atoms with van der Waals surface area (Å²) < 4.78 is 12.2. The van der Waals surface area contributed by atoms with Crippen molar-refractivity contribution in [3.63, 3.8) is 0 Å². The Hall–Kier alpha value is -2.15. The Labute approximate surface area is 146 Å². The van der Waals surface area contributed by atoms with Gasteiger partial charge in [-0.2, -0.15) is 4.98 Å². The van der Waals surface area contributed by atoms with Crippen LogP contribution in [0.3, 0.4) is 0 Å². The Morgan fingerprint density at radius 2 is 2.12 bits per heavy atom. The van der Waals surface area contributed by atoms with E-state index in [1.807, 2.05) is 26.8 Å². The molecule has 6 nitrogen and oxygen atoms in total. The van der Waals surface area contributed by atoms with Crippen molar-refractivity contribution in [2.24, 2.45) is 0 Å². The number of anilines is 2. The number of allylic oxidation sites excluding steroid dienone is 2. The van der Waals surface area contributed by atoms with Crippen LogP contribution in [0.25, 0.3) is 0 Å². The number of aromatic nitrogens is 2. The van der Waals surface area contributed by atoms with Gasteiger partial charge >= 0.3 is 0 Å². The molecule has 1 heterocycles. The molecule has 0 saturated carbocycles. The molecule has 0 fully saturated rings. The van der Waals surface area contributed by atoms with Crippen molar-refractivity contribution in [2.45, 2.75) is 33.6 Å². The number of alkyl halides is 1. The fourth-order valence-corrected chi connectivity index (χ4v) is 2.11. The van der Waals surface area contributed by atoms with Crippen molar-refractivity contribution in [3.8, 4) is 0 Å². The maximum absolute atomic E-state index is 12.2. The van der Waals surface area contributed by atoms with E-state index in [1.54, 1.807) is 6.07 Å². The van der Waals surface area contributed by atoms with Crippen molar-refractivity contribution >= 4 is 29.3 Å². The fraction of sp³-hybridized carbons (Fsp3) is 0.438. The van der Waals surface area contributed by atoms with Crippen LogP contribution in [-0.2, 0) is 4.79 Å². The molecule has 132 valence electrons. The van der Waals surface area contributed by atoms with E-state index in [4.69, 9.17) is 17.3 Å². The van der Waals surface area contributed by atoms with E-state index in [1.165, 1.54) is 0 Å². The number of carbonyl (C=O) groups excluding carboxylic acids is 1. The molecule has 1 rings (SSSR count). The van der Waals surface area contributed by atoms with Gasteiger partial charge in [0.25, 0.3) is 0 Å². The minimum atomic E-state index is -0.663. The standard InChI is InChI=1S/C16H23ClFN5O/c1-4-10(2)12(9-20-15(24)5-6-18)7-11(3)21-14-8-13(17)22-16(19)23-14/h7-8H,4-6,9H2,1-3H3,(H,20,24)(H3,19,21,22,23)/b11-7+,12-10+. The zero-order chi connectivity index (χ0) is 18.1. The van der Waals surface area contributed by atoms with E-state index in [0.29, 0.717) is 12.4 Å². The van der Waals surface area contributed by atoms with Crippen LogP contribution in [-0.4, -0.2) is 29.1 Å². The number of nitrogens with two attached hydrogens (primary N) is 1. The van der Waals surface area contributed by atoms with Crippen molar-refractivity contribution in [3.05, 3.63) is 34.1 Å². The molecule has 1 aromatic heterocycles. The Bertz CT molecular complexity index is 625. The highest BCUT2D eigenvalue weighted by atomic mass is 35.5. The first-order chi connectivity index (χ1) is 11.3. The number of nitrogens with one attached hydrogen (secondary N) is 2. The van der Waals surface area contributed by atoms with E-state index in [-0.39, 0.29) is 23.4 Å². The summed E-state index contributed by atoms with van der Waals surface area (Å²) in [6, 6.07) is 1.56. The lowest BCUT2D eigenvalue weighted by molar-refractivity contribution is -0.121. The number of halogens is 2. The molecule has 0 aliphatic carbocycles. The van der Waals surface area contributed by atoms with Gasteiger partial charge in [-0.05, 0) is 31.9 Å². The molecular formula is C16H23ClFN5O. The summed E-state index contributed by atoms with van der Waals surface area (Å²) in [5.41, 5.74) is 8.43. The van der Waals surface area contributed by atoms with Crippen LogP contribution in [0.15, 0.2) is 29.0 Å². The summed E-state index contributed by atoms with van der Waals surface area (Å²) in [7, 11) is 0. The average molecular weight is 356 g/mol. The van der Waals surface area contributed by atoms with Crippen molar-refractivity contribution in [2.75, 3.05) is 24.3 Å². The third-order valence-electron chi connectivity index (χ3n) is 3.30. The minimum Gasteiger partial charge on any atom is -0.368 e. The zero-order valence-electron chi connectivity index (χ0n) is 14.1. The van der Waals surface area contributed by atoms with Crippen LogP contribution in [0.4, 0.5) is 16.2 Å². The Morgan fingerprint density at radius 1 is 1.42 bits per heavy atom. The summed E-state index contributed by atoms with van der Waals surface area (Å²) >= 11 is 5.85. The fourth-order valence-electron chi connectivity index (χ4n) is 1.92. The van der Waals surface area contributed by atoms with E-state index in [2.05, 4.69) is 20.6 Å². The van der Waals surface area contributed by atoms with Gasteiger partial charge in [0.15, 0.2) is 0 Å². The molecule has 0 aromatic carbocycles. The third kappa shape index (κ3) is 6.95. The summed E-state index contributed by atoms with van der Waals surface area (Å²) in [6.45, 7) is 5.55. The lowest BCUT2D eigenvalue weighted by Crippen LogP contribution is -2.26. The van der Waals surface area contributed by atoms with Crippen LogP contribution in [0, 0.1) is 0 Å². The van der Waals surface area contributed by atoms with Gasteiger partial charge in [-0.1, -0.05) is 24.1 Å².